The Labute approximate surface area is 189 Å². The topological polar surface area (TPSA) is 59.0 Å². The molecule has 0 atom stereocenters. The lowest BCUT2D eigenvalue weighted by Gasteiger charge is -2.28. The second kappa shape index (κ2) is 13.6. The smallest absolute Gasteiger partial charge is 0.419 e. The Morgan fingerprint density at radius 3 is 2.31 bits per heavy atom. The van der Waals surface area contributed by atoms with E-state index in [1.807, 2.05) is 0 Å². The van der Waals surface area contributed by atoms with Gasteiger partial charge in [-0.25, -0.2) is 4.79 Å². The van der Waals surface area contributed by atoms with Gasteiger partial charge in [-0.3, -0.25) is 0 Å². The molecule has 0 radical (unpaired) electrons. The lowest BCUT2D eigenvalue weighted by atomic mass is 10.1. The van der Waals surface area contributed by atoms with Crippen LogP contribution < -0.4 is 4.74 Å². The van der Waals surface area contributed by atoms with Gasteiger partial charge in [0.15, 0.2) is 0 Å². The summed E-state index contributed by atoms with van der Waals surface area (Å²) in [5, 5.41) is 9.01. The summed E-state index contributed by atoms with van der Waals surface area (Å²) >= 11 is 0. The molecule has 0 fully saturated rings. The molecule has 0 aromatic heterocycles. The SMILES string of the molecule is CCCCCCCOc1ccc(CN(CCCCO)C(=O)OC(C)(C)C)cc1C(F)(F)F. The number of unbranched alkanes of at least 4 members (excludes halogenated alkanes) is 5. The first kappa shape index (κ1) is 28.1. The van der Waals surface area contributed by atoms with Crippen molar-refractivity contribution >= 4 is 6.09 Å². The zero-order valence-corrected chi connectivity index (χ0v) is 19.8. The van der Waals surface area contributed by atoms with Crippen LogP contribution in [0.4, 0.5) is 18.0 Å². The number of halogens is 3. The standard InChI is InChI=1S/C24H38F3NO4/c1-5-6-7-8-11-16-31-21-13-12-19(17-20(21)24(25,26)27)18-28(14-9-10-15-29)22(30)32-23(2,3)4/h12-13,17,29H,5-11,14-16,18H2,1-4H3. The van der Waals surface area contributed by atoms with Crippen LogP contribution in [0.3, 0.4) is 0 Å². The van der Waals surface area contributed by atoms with Gasteiger partial charge < -0.3 is 19.5 Å². The Kier molecular flexibility index (Phi) is 11.9. The van der Waals surface area contributed by atoms with Crippen LogP contribution in [0.25, 0.3) is 0 Å². The molecule has 1 N–H and O–H groups in total. The summed E-state index contributed by atoms with van der Waals surface area (Å²) in [5.74, 6) is -0.194. The van der Waals surface area contributed by atoms with Crippen molar-refractivity contribution in [1.29, 1.82) is 0 Å². The van der Waals surface area contributed by atoms with Gasteiger partial charge in [-0.15, -0.1) is 0 Å². The van der Waals surface area contributed by atoms with E-state index in [-0.39, 0.29) is 32.1 Å². The minimum Gasteiger partial charge on any atom is -0.493 e. The molecule has 0 spiro atoms. The van der Waals surface area contributed by atoms with Crippen LogP contribution in [0.5, 0.6) is 5.75 Å². The molecule has 32 heavy (non-hydrogen) atoms. The average molecular weight is 462 g/mol. The molecule has 1 aromatic carbocycles. The molecular formula is C24H38F3NO4. The molecule has 0 saturated heterocycles. The van der Waals surface area contributed by atoms with Crippen LogP contribution in [-0.2, 0) is 17.5 Å². The highest BCUT2D eigenvalue weighted by molar-refractivity contribution is 5.68. The fourth-order valence-electron chi connectivity index (χ4n) is 3.11. The van der Waals surface area contributed by atoms with Gasteiger partial charge in [-0.1, -0.05) is 38.7 Å². The first-order chi connectivity index (χ1) is 15.0. The average Bonchev–Trinajstić information content (AvgIpc) is 2.68. The van der Waals surface area contributed by atoms with Crippen molar-refractivity contribution in [2.24, 2.45) is 0 Å². The van der Waals surface area contributed by atoms with E-state index in [0.717, 1.165) is 31.7 Å². The molecule has 1 aromatic rings. The number of hydrogen-bond acceptors (Lipinski definition) is 4. The van der Waals surface area contributed by atoms with Crippen molar-refractivity contribution in [1.82, 2.24) is 4.90 Å². The molecule has 0 aliphatic heterocycles. The highest BCUT2D eigenvalue weighted by atomic mass is 19.4. The normalized spacial score (nSPS) is 12.0. The second-order valence-corrected chi connectivity index (χ2v) is 8.92. The van der Waals surface area contributed by atoms with E-state index in [1.54, 1.807) is 26.8 Å². The highest BCUT2D eigenvalue weighted by Gasteiger charge is 2.35. The van der Waals surface area contributed by atoms with E-state index >= 15 is 0 Å². The van der Waals surface area contributed by atoms with Crippen LogP contribution in [0.15, 0.2) is 18.2 Å². The molecule has 0 bridgehead atoms. The van der Waals surface area contributed by atoms with E-state index < -0.39 is 23.4 Å². The number of carbonyl (C=O) groups excluding carboxylic acids is 1. The van der Waals surface area contributed by atoms with Gasteiger partial charge in [0.05, 0.1) is 12.2 Å². The van der Waals surface area contributed by atoms with Crippen LogP contribution in [0.2, 0.25) is 0 Å². The summed E-state index contributed by atoms with van der Waals surface area (Å²) in [5.41, 5.74) is -1.23. The summed E-state index contributed by atoms with van der Waals surface area (Å²) in [6.45, 7) is 7.74. The Balaban J connectivity index is 2.94. The number of amides is 1. The Bertz CT molecular complexity index is 687. The number of aliphatic hydroxyl groups excluding tert-OH is 1. The third kappa shape index (κ3) is 11.1. The van der Waals surface area contributed by atoms with Crippen molar-refractivity contribution in [3.63, 3.8) is 0 Å². The maximum atomic E-state index is 13.7. The van der Waals surface area contributed by atoms with Gasteiger partial charge in [-0.05, 0) is 57.7 Å². The fraction of sp³-hybridized carbons (Fsp3) is 0.708. The highest BCUT2D eigenvalue weighted by Crippen LogP contribution is 2.37. The van der Waals surface area contributed by atoms with E-state index in [9.17, 15) is 18.0 Å². The summed E-state index contributed by atoms with van der Waals surface area (Å²) in [6.07, 6.45) is 0.705. The maximum absolute atomic E-state index is 13.7. The Hall–Kier alpha value is -1.96. The molecule has 0 saturated carbocycles. The molecule has 0 unspecified atom stereocenters. The van der Waals surface area contributed by atoms with Crippen LogP contribution in [0, 0.1) is 0 Å². The lowest BCUT2D eigenvalue weighted by molar-refractivity contribution is -0.139. The molecule has 1 rings (SSSR count). The zero-order valence-electron chi connectivity index (χ0n) is 19.8. The molecule has 1 amide bonds. The van der Waals surface area contributed by atoms with Gasteiger partial charge in [0.25, 0.3) is 0 Å². The van der Waals surface area contributed by atoms with Crippen molar-refractivity contribution in [3.05, 3.63) is 29.3 Å². The van der Waals surface area contributed by atoms with Crippen molar-refractivity contribution < 1.29 is 32.5 Å². The third-order valence-electron chi connectivity index (χ3n) is 4.72. The van der Waals surface area contributed by atoms with Gasteiger partial charge in [-0.2, -0.15) is 13.2 Å². The Morgan fingerprint density at radius 1 is 1.03 bits per heavy atom. The number of hydrogen-bond donors (Lipinski definition) is 1. The second-order valence-electron chi connectivity index (χ2n) is 8.92. The summed E-state index contributed by atoms with van der Waals surface area (Å²) in [6, 6.07) is 3.91. The number of rotatable bonds is 13. The lowest BCUT2D eigenvalue weighted by Crippen LogP contribution is -2.37. The van der Waals surface area contributed by atoms with E-state index in [1.165, 1.54) is 11.0 Å². The fourth-order valence-corrected chi connectivity index (χ4v) is 3.11. The van der Waals surface area contributed by atoms with Gasteiger partial charge in [0.2, 0.25) is 0 Å². The van der Waals surface area contributed by atoms with E-state index in [2.05, 4.69) is 6.92 Å². The van der Waals surface area contributed by atoms with Crippen LogP contribution in [0.1, 0.15) is 83.8 Å². The largest absolute Gasteiger partial charge is 0.493 e. The molecule has 0 aliphatic carbocycles. The van der Waals surface area contributed by atoms with Gasteiger partial charge in [0.1, 0.15) is 11.4 Å². The maximum Gasteiger partial charge on any atom is 0.419 e. The van der Waals surface area contributed by atoms with Crippen LogP contribution in [-0.4, -0.2) is 41.5 Å². The first-order valence-corrected chi connectivity index (χ1v) is 11.4. The molecule has 184 valence electrons. The number of nitrogens with zero attached hydrogens (tertiary/aromatic N) is 1. The van der Waals surface area contributed by atoms with Gasteiger partial charge >= 0.3 is 12.3 Å². The van der Waals surface area contributed by atoms with Gasteiger partial charge in [0, 0.05) is 19.7 Å². The predicted octanol–water partition coefficient (Wildman–Crippen LogP) is 6.56. The zero-order chi connectivity index (χ0) is 24.2. The Morgan fingerprint density at radius 2 is 1.72 bits per heavy atom. The van der Waals surface area contributed by atoms with Crippen molar-refractivity contribution in [3.8, 4) is 5.75 Å². The van der Waals surface area contributed by atoms with Crippen molar-refractivity contribution in [2.75, 3.05) is 19.8 Å². The molecular weight excluding hydrogens is 423 g/mol. The first-order valence-electron chi connectivity index (χ1n) is 11.4. The summed E-state index contributed by atoms with van der Waals surface area (Å²) in [7, 11) is 0. The van der Waals surface area contributed by atoms with E-state index in [0.29, 0.717) is 24.8 Å². The molecule has 8 heteroatoms. The summed E-state index contributed by atoms with van der Waals surface area (Å²) in [4.78, 5) is 13.9. The quantitative estimate of drug-likeness (QED) is 0.338. The van der Waals surface area contributed by atoms with Crippen molar-refractivity contribution in [2.45, 2.75) is 91.0 Å². The minimum atomic E-state index is -4.57. The predicted molar refractivity (Wildman–Crippen MR) is 119 cm³/mol. The third-order valence-corrected chi connectivity index (χ3v) is 4.72. The number of alkyl halides is 3. The monoisotopic (exact) mass is 461 g/mol. The molecule has 0 aliphatic rings. The molecule has 0 heterocycles. The van der Waals surface area contributed by atoms with Crippen LogP contribution >= 0.6 is 0 Å². The number of carbonyl (C=O) groups is 1. The minimum absolute atomic E-state index is 0.0230. The summed E-state index contributed by atoms with van der Waals surface area (Å²) < 4.78 is 51.8. The molecule has 5 nitrogen and oxygen atoms in total. The number of ether oxygens (including phenoxy) is 2. The number of benzene rings is 1. The number of aliphatic hydroxyl groups is 1. The van der Waals surface area contributed by atoms with E-state index in [4.69, 9.17) is 14.6 Å².